The highest BCUT2D eigenvalue weighted by molar-refractivity contribution is 5.92. The number of aromatic nitrogens is 2. The first-order valence-corrected chi connectivity index (χ1v) is 8.95. The maximum Gasteiger partial charge on any atom is 0.271 e. The standard InChI is InChI=1S/C18H26N4O3/c1-22-10-15(20-11-22)18(25)21-14-7-13(8-16(14)23)17(24)19-9-12-5-3-2-4-6-12/h5,10-11,13-14,16,23H,2-4,6-9H2,1H3,(H,19,24)(H,21,25)/t13-,14+,16+/m0/s1. The predicted molar refractivity (Wildman–Crippen MR) is 92.8 cm³/mol. The second kappa shape index (κ2) is 7.82. The fourth-order valence-corrected chi connectivity index (χ4v) is 3.57. The summed E-state index contributed by atoms with van der Waals surface area (Å²) in [5.74, 6) is -0.633. The molecule has 2 amide bonds. The van der Waals surface area contributed by atoms with E-state index >= 15 is 0 Å². The summed E-state index contributed by atoms with van der Waals surface area (Å²) in [6.45, 7) is 0.594. The Balaban J connectivity index is 1.49. The van der Waals surface area contributed by atoms with E-state index in [4.69, 9.17) is 0 Å². The smallest absolute Gasteiger partial charge is 0.271 e. The van der Waals surface area contributed by atoms with Gasteiger partial charge in [-0.2, -0.15) is 0 Å². The second-order valence-corrected chi connectivity index (χ2v) is 7.07. The van der Waals surface area contributed by atoms with Gasteiger partial charge < -0.3 is 20.3 Å². The zero-order valence-corrected chi connectivity index (χ0v) is 14.6. The van der Waals surface area contributed by atoms with Crippen LogP contribution in [-0.4, -0.2) is 45.2 Å². The van der Waals surface area contributed by atoms with E-state index in [9.17, 15) is 14.7 Å². The number of aliphatic hydroxyl groups excluding tert-OH is 1. The number of amides is 2. The number of hydrogen-bond donors (Lipinski definition) is 3. The molecule has 25 heavy (non-hydrogen) atoms. The molecule has 0 unspecified atom stereocenters. The van der Waals surface area contributed by atoms with Gasteiger partial charge in [0.25, 0.3) is 5.91 Å². The topological polar surface area (TPSA) is 96.2 Å². The molecule has 0 aromatic carbocycles. The molecule has 0 radical (unpaired) electrons. The fourth-order valence-electron chi connectivity index (χ4n) is 3.57. The lowest BCUT2D eigenvalue weighted by Gasteiger charge is -2.16. The number of imidazole rings is 1. The minimum atomic E-state index is -0.711. The lowest BCUT2D eigenvalue weighted by molar-refractivity contribution is -0.124. The lowest BCUT2D eigenvalue weighted by Crippen LogP contribution is -2.40. The normalized spacial score (nSPS) is 26.2. The Bertz CT molecular complexity index is 667. The molecule has 2 aliphatic rings. The zero-order chi connectivity index (χ0) is 17.8. The van der Waals surface area contributed by atoms with Crippen molar-refractivity contribution in [3.05, 3.63) is 29.9 Å². The summed E-state index contributed by atoms with van der Waals surface area (Å²) in [5, 5.41) is 16.0. The van der Waals surface area contributed by atoms with Crippen molar-refractivity contribution >= 4 is 11.8 Å². The van der Waals surface area contributed by atoms with Gasteiger partial charge in [-0.1, -0.05) is 11.6 Å². The van der Waals surface area contributed by atoms with E-state index in [2.05, 4.69) is 21.7 Å². The molecule has 1 fully saturated rings. The van der Waals surface area contributed by atoms with Crippen LogP contribution in [0.2, 0.25) is 0 Å². The van der Waals surface area contributed by atoms with Crippen molar-refractivity contribution in [2.24, 2.45) is 13.0 Å². The predicted octanol–water partition coefficient (Wildman–Crippen LogP) is 0.906. The van der Waals surface area contributed by atoms with Gasteiger partial charge in [-0.15, -0.1) is 0 Å². The third-order valence-electron chi connectivity index (χ3n) is 5.03. The lowest BCUT2D eigenvalue weighted by atomic mass is 9.99. The van der Waals surface area contributed by atoms with Crippen molar-refractivity contribution in [1.82, 2.24) is 20.2 Å². The molecule has 0 aliphatic heterocycles. The van der Waals surface area contributed by atoms with E-state index < -0.39 is 12.1 Å². The molecule has 136 valence electrons. The monoisotopic (exact) mass is 346 g/mol. The van der Waals surface area contributed by atoms with Crippen molar-refractivity contribution in [2.75, 3.05) is 6.54 Å². The average molecular weight is 346 g/mol. The molecule has 0 saturated heterocycles. The van der Waals surface area contributed by atoms with Crippen LogP contribution >= 0.6 is 0 Å². The molecule has 7 nitrogen and oxygen atoms in total. The molecule has 3 atom stereocenters. The van der Waals surface area contributed by atoms with Gasteiger partial charge in [-0.25, -0.2) is 4.98 Å². The van der Waals surface area contributed by atoms with Crippen LogP contribution in [0.1, 0.15) is 49.0 Å². The van der Waals surface area contributed by atoms with Crippen LogP contribution in [0.5, 0.6) is 0 Å². The molecule has 0 bridgehead atoms. The number of aryl methyl sites for hydroxylation is 1. The summed E-state index contributed by atoms with van der Waals surface area (Å²) < 4.78 is 1.69. The van der Waals surface area contributed by atoms with Crippen molar-refractivity contribution in [3.8, 4) is 0 Å². The van der Waals surface area contributed by atoms with Gasteiger partial charge in [0.2, 0.25) is 5.91 Å². The molecule has 3 rings (SSSR count). The van der Waals surface area contributed by atoms with E-state index in [-0.39, 0.29) is 17.7 Å². The van der Waals surface area contributed by atoms with E-state index in [0.29, 0.717) is 25.1 Å². The first kappa shape index (κ1) is 17.7. The number of carbonyl (C=O) groups is 2. The van der Waals surface area contributed by atoms with Crippen LogP contribution in [-0.2, 0) is 11.8 Å². The van der Waals surface area contributed by atoms with Crippen LogP contribution < -0.4 is 10.6 Å². The third kappa shape index (κ3) is 4.48. The van der Waals surface area contributed by atoms with Gasteiger partial charge in [0.15, 0.2) is 0 Å². The van der Waals surface area contributed by atoms with Crippen LogP contribution in [0, 0.1) is 5.92 Å². The van der Waals surface area contributed by atoms with E-state index in [1.165, 1.54) is 18.4 Å². The number of rotatable bonds is 5. The molecule has 1 saturated carbocycles. The third-order valence-corrected chi connectivity index (χ3v) is 5.03. The van der Waals surface area contributed by atoms with E-state index in [1.54, 1.807) is 24.1 Å². The Morgan fingerprint density at radius 2 is 2.20 bits per heavy atom. The van der Waals surface area contributed by atoms with Crippen LogP contribution in [0.25, 0.3) is 0 Å². The molecule has 1 heterocycles. The summed E-state index contributed by atoms with van der Waals surface area (Å²) in [6.07, 6.45) is 10.1. The number of aliphatic hydroxyl groups is 1. The number of hydrogen-bond acceptors (Lipinski definition) is 4. The summed E-state index contributed by atoms with van der Waals surface area (Å²) >= 11 is 0. The van der Waals surface area contributed by atoms with Gasteiger partial charge in [0, 0.05) is 25.7 Å². The van der Waals surface area contributed by atoms with Gasteiger partial charge in [-0.3, -0.25) is 9.59 Å². The van der Waals surface area contributed by atoms with E-state index in [1.807, 2.05) is 0 Å². The highest BCUT2D eigenvalue weighted by Gasteiger charge is 2.37. The highest BCUT2D eigenvalue weighted by Crippen LogP contribution is 2.27. The van der Waals surface area contributed by atoms with Gasteiger partial charge in [0.1, 0.15) is 5.69 Å². The summed E-state index contributed by atoms with van der Waals surface area (Å²) in [4.78, 5) is 28.5. The Morgan fingerprint density at radius 3 is 2.88 bits per heavy atom. The van der Waals surface area contributed by atoms with Gasteiger partial charge >= 0.3 is 0 Å². The van der Waals surface area contributed by atoms with Crippen molar-refractivity contribution in [2.45, 2.75) is 50.7 Å². The number of nitrogens with zero attached hydrogens (tertiary/aromatic N) is 2. The van der Waals surface area contributed by atoms with Crippen molar-refractivity contribution in [1.29, 1.82) is 0 Å². The number of allylic oxidation sites excluding steroid dienone is 1. The molecule has 1 aromatic rings. The molecular formula is C18H26N4O3. The Morgan fingerprint density at radius 1 is 1.36 bits per heavy atom. The molecular weight excluding hydrogens is 320 g/mol. The summed E-state index contributed by atoms with van der Waals surface area (Å²) in [7, 11) is 1.79. The number of carbonyl (C=O) groups excluding carboxylic acids is 2. The average Bonchev–Trinajstić information content (AvgIpc) is 3.20. The van der Waals surface area contributed by atoms with Gasteiger partial charge in [0.05, 0.1) is 18.5 Å². The molecule has 7 heteroatoms. The molecule has 1 aromatic heterocycles. The fraction of sp³-hybridized carbons (Fsp3) is 0.611. The molecule has 2 aliphatic carbocycles. The number of nitrogens with one attached hydrogen (secondary N) is 2. The zero-order valence-electron chi connectivity index (χ0n) is 14.6. The summed E-state index contributed by atoms with van der Waals surface area (Å²) in [6, 6.07) is -0.417. The maximum absolute atomic E-state index is 12.4. The largest absolute Gasteiger partial charge is 0.391 e. The van der Waals surface area contributed by atoms with Crippen LogP contribution in [0.4, 0.5) is 0 Å². The van der Waals surface area contributed by atoms with Crippen molar-refractivity contribution < 1.29 is 14.7 Å². The summed E-state index contributed by atoms with van der Waals surface area (Å²) in [5.41, 5.74) is 1.60. The maximum atomic E-state index is 12.4. The van der Waals surface area contributed by atoms with Crippen LogP contribution in [0.15, 0.2) is 24.2 Å². The SMILES string of the molecule is Cn1cnc(C(=O)N[C@@H]2C[C@H](C(=O)NCC3=CCCCC3)C[C@H]2O)c1. The first-order valence-electron chi connectivity index (χ1n) is 8.95. The minimum Gasteiger partial charge on any atom is -0.391 e. The van der Waals surface area contributed by atoms with Crippen LogP contribution in [0.3, 0.4) is 0 Å². The highest BCUT2D eigenvalue weighted by atomic mass is 16.3. The Hall–Kier alpha value is -2.15. The van der Waals surface area contributed by atoms with Crippen molar-refractivity contribution in [3.63, 3.8) is 0 Å². The first-order chi connectivity index (χ1) is 12.0. The second-order valence-electron chi connectivity index (χ2n) is 7.07. The quantitative estimate of drug-likeness (QED) is 0.691. The minimum absolute atomic E-state index is 0.0416. The molecule has 0 spiro atoms. The molecule has 3 N–H and O–H groups in total. The van der Waals surface area contributed by atoms with Gasteiger partial charge in [-0.05, 0) is 38.5 Å². The Kier molecular flexibility index (Phi) is 5.53. The van der Waals surface area contributed by atoms with E-state index in [0.717, 1.165) is 12.8 Å². The Labute approximate surface area is 147 Å².